The molecule has 7 nitrogen and oxygen atoms in total. The van der Waals surface area contributed by atoms with Crippen molar-refractivity contribution in [1.29, 1.82) is 0 Å². The number of carbonyl (C=O) groups excluding carboxylic acids is 3. The largest absolute Gasteiger partial charge is 0.459 e. The third-order valence-corrected chi connectivity index (χ3v) is 4.47. The zero-order chi connectivity index (χ0) is 18.5. The molecule has 3 rings (SSSR count). The molecule has 26 heavy (non-hydrogen) atoms. The molecular formula is C18H18ClN3O4. The van der Waals surface area contributed by atoms with Crippen molar-refractivity contribution in [3.05, 3.63) is 59.0 Å². The highest BCUT2D eigenvalue weighted by atomic mass is 35.5. The summed E-state index contributed by atoms with van der Waals surface area (Å²) in [6.45, 7) is 0.850. The number of hydrogen-bond donors (Lipinski definition) is 2. The Morgan fingerprint density at radius 3 is 2.58 bits per heavy atom. The molecule has 0 bridgehead atoms. The van der Waals surface area contributed by atoms with Crippen molar-refractivity contribution >= 4 is 29.3 Å². The topological polar surface area (TPSA) is 91.7 Å². The molecule has 8 heteroatoms. The second-order valence-corrected chi connectivity index (χ2v) is 6.45. The fourth-order valence-corrected chi connectivity index (χ4v) is 2.95. The number of benzene rings is 1. The Kier molecular flexibility index (Phi) is 5.58. The van der Waals surface area contributed by atoms with E-state index in [2.05, 4.69) is 10.9 Å². The van der Waals surface area contributed by atoms with Gasteiger partial charge in [0.2, 0.25) is 5.91 Å². The fraction of sp³-hybridized carbons (Fsp3) is 0.278. The van der Waals surface area contributed by atoms with Gasteiger partial charge >= 0.3 is 0 Å². The summed E-state index contributed by atoms with van der Waals surface area (Å²) in [7, 11) is 0. The molecule has 136 valence electrons. The van der Waals surface area contributed by atoms with Crippen molar-refractivity contribution in [2.45, 2.75) is 12.8 Å². The Balaban J connectivity index is 1.53. The zero-order valence-electron chi connectivity index (χ0n) is 13.9. The summed E-state index contributed by atoms with van der Waals surface area (Å²) in [5.41, 5.74) is 5.19. The molecule has 0 spiro atoms. The number of likely N-dealkylation sites (tertiary alicyclic amines) is 1. The van der Waals surface area contributed by atoms with Crippen LogP contribution in [-0.4, -0.2) is 35.7 Å². The number of hydrazine groups is 1. The molecule has 2 N–H and O–H groups in total. The molecule has 0 unspecified atom stereocenters. The van der Waals surface area contributed by atoms with Gasteiger partial charge in [-0.05, 0) is 49.2 Å². The molecule has 2 aromatic rings. The van der Waals surface area contributed by atoms with Crippen molar-refractivity contribution in [3.63, 3.8) is 0 Å². The summed E-state index contributed by atoms with van der Waals surface area (Å²) in [5, 5.41) is 0.522. The van der Waals surface area contributed by atoms with E-state index in [1.165, 1.54) is 6.26 Å². The predicted octanol–water partition coefficient (Wildman–Crippen LogP) is 2.25. The number of carbonyl (C=O) groups is 3. The molecule has 1 aromatic heterocycles. The van der Waals surface area contributed by atoms with E-state index in [-0.39, 0.29) is 24.1 Å². The number of piperidine rings is 1. The van der Waals surface area contributed by atoms with Crippen LogP contribution in [-0.2, 0) is 4.79 Å². The lowest BCUT2D eigenvalue weighted by Gasteiger charge is -2.31. The third kappa shape index (κ3) is 4.23. The lowest BCUT2D eigenvalue weighted by atomic mass is 9.97. The van der Waals surface area contributed by atoms with Crippen molar-refractivity contribution < 1.29 is 18.8 Å². The first-order valence-corrected chi connectivity index (χ1v) is 8.61. The number of nitrogens with one attached hydrogen (secondary N) is 2. The normalized spacial score (nSPS) is 16.8. The number of nitrogens with zero attached hydrogens (tertiary/aromatic N) is 1. The van der Waals surface area contributed by atoms with Gasteiger partial charge in [-0.1, -0.05) is 11.6 Å². The molecule has 1 atom stereocenters. The standard InChI is InChI=1S/C18H18ClN3O4/c19-14-7-5-12(6-8-14)16(23)20-21-17(24)13-3-1-9-22(11-13)18(25)15-4-2-10-26-15/h2,4-8,10,13H,1,3,9,11H2,(H,20,23)(H,21,24)/t13-/m0/s1. The van der Waals surface area contributed by atoms with Crippen molar-refractivity contribution in [1.82, 2.24) is 15.8 Å². The van der Waals surface area contributed by atoms with Crippen LogP contribution in [0.25, 0.3) is 0 Å². The Morgan fingerprint density at radius 2 is 1.88 bits per heavy atom. The summed E-state index contributed by atoms with van der Waals surface area (Å²) in [5.74, 6) is -1.15. The lowest BCUT2D eigenvalue weighted by molar-refractivity contribution is -0.127. The van der Waals surface area contributed by atoms with E-state index in [0.717, 1.165) is 0 Å². The van der Waals surface area contributed by atoms with E-state index in [0.29, 0.717) is 30.0 Å². The first-order chi connectivity index (χ1) is 12.5. The van der Waals surface area contributed by atoms with Crippen LogP contribution in [0.3, 0.4) is 0 Å². The number of amides is 3. The van der Waals surface area contributed by atoms with Gasteiger partial charge in [-0.15, -0.1) is 0 Å². The summed E-state index contributed by atoms with van der Waals surface area (Å²) < 4.78 is 5.12. The van der Waals surface area contributed by atoms with E-state index < -0.39 is 11.8 Å². The summed E-state index contributed by atoms with van der Waals surface area (Å²) in [6.07, 6.45) is 2.79. The van der Waals surface area contributed by atoms with Gasteiger partial charge in [0.25, 0.3) is 11.8 Å². The summed E-state index contributed by atoms with van der Waals surface area (Å²) >= 11 is 5.78. The Hall–Kier alpha value is -2.80. The van der Waals surface area contributed by atoms with Gasteiger partial charge < -0.3 is 9.32 Å². The van der Waals surface area contributed by atoms with Gasteiger partial charge in [0.15, 0.2) is 5.76 Å². The lowest BCUT2D eigenvalue weighted by Crippen LogP contribution is -2.50. The second-order valence-electron chi connectivity index (χ2n) is 6.02. The fourth-order valence-electron chi connectivity index (χ4n) is 2.83. The maximum absolute atomic E-state index is 12.3. The molecule has 1 aromatic carbocycles. The molecule has 3 amide bonds. The average molecular weight is 376 g/mol. The number of rotatable bonds is 3. The van der Waals surface area contributed by atoms with Crippen LogP contribution in [0, 0.1) is 5.92 Å². The van der Waals surface area contributed by atoms with Gasteiger partial charge in [-0.25, -0.2) is 0 Å². The van der Waals surface area contributed by atoms with Gasteiger partial charge in [0, 0.05) is 23.7 Å². The van der Waals surface area contributed by atoms with Crippen LogP contribution < -0.4 is 10.9 Å². The first-order valence-electron chi connectivity index (χ1n) is 8.23. The maximum atomic E-state index is 12.3. The number of furan rings is 1. The zero-order valence-corrected chi connectivity index (χ0v) is 14.7. The molecule has 0 aliphatic carbocycles. The Morgan fingerprint density at radius 1 is 1.12 bits per heavy atom. The summed E-state index contributed by atoms with van der Waals surface area (Å²) in [6, 6.07) is 9.56. The number of halogens is 1. The van der Waals surface area contributed by atoms with Crippen LogP contribution in [0.2, 0.25) is 5.02 Å². The SMILES string of the molecule is O=C(NNC(=O)[C@H]1CCCN(C(=O)c2ccco2)C1)c1ccc(Cl)cc1. The van der Waals surface area contributed by atoms with E-state index in [4.69, 9.17) is 16.0 Å². The minimum Gasteiger partial charge on any atom is -0.459 e. The third-order valence-electron chi connectivity index (χ3n) is 4.22. The summed E-state index contributed by atoms with van der Waals surface area (Å²) in [4.78, 5) is 38.3. The highest BCUT2D eigenvalue weighted by Crippen LogP contribution is 2.19. The van der Waals surface area contributed by atoms with Gasteiger partial charge in [0.05, 0.1) is 12.2 Å². The molecule has 1 aliphatic rings. The van der Waals surface area contributed by atoms with E-state index >= 15 is 0 Å². The van der Waals surface area contributed by atoms with Gasteiger partial charge in [0.1, 0.15) is 0 Å². The van der Waals surface area contributed by atoms with Crippen molar-refractivity contribution in [2.24, 2.45) is 5.92 Å². The van der Waals surface area contributed by atoms with Crippen molar-refractivity contribution in [3.8, 4) is 0 Å². The highest BCUT2D eigenvalue weighted by Gasteiger charge is 2.30. The highest BCUT2D eigenvalue weighted by molar-refractivity contribution is 6.30. The van der Waals surface area contributed by atoms with Crippen LogP contribution in [0.1, 0.15) is 33.8 Å². The minimum atomic E-state index is -0.436. The van der Waals surface area contributed by atoms with Gasteiger partial charge in [-0.3, -0.25) is 25.2 Å². The minimum absolute atomic E-state index is 0.238. The number of hydrogen-bond acceptors (Lipinski definition) is 4. The monoisotopic (exact) mass is 375 g/mol. The van der Waals surface area contributed by atoms with Crippen molar-refractivity contribution in [2.75, 3.05) is 13.1 Å². The quantitative estimate of drug-likeness (QED) is 0.805. The molecule has 0 radical (unpaired) electrons. The molecule has 0 saturated carbocycles. The molecule has 2 heterocycles. The first kappa shape index (κ1) is 18.0. The molecule has 1 saturated heterocycles. The van der Waals surface area contributed by atoms with E-state index in [1.807, 2.05) is 0 Å². The Labute approximate surface area is 155 Å². The average Bonchev–Trinajstić information content (AvgIpc) is 3.20. The predicted molar refractivity (Wildman–Crippen MR) is 94.4 cm³/mol. The van der Waals surface area contributed by atoms with E-state index in [9.17, 15) is 14.4 Å². The second kappa shape index (κ2) is 8.05. The van der Waals surface area contributed by atoms with Gasteiger partial charge in [-0.2, -0.15) is 0 Å². The van der Waals surface area contributed by atoms with E-state index in [1.54, 1.807) is 41.3 Å². The van der Waals surface area contributed by atoms with Crippen LogP contribution >= 0.6 is 11.6 Å². The van der Waals surface area contributed by atoms with Crippen LogP contribution in [0.15, 0.2) is 47.1 Å². The Bertz CT molecular complexity index is 789. The molecular weight excluding hydrogens is 358 g/mol. The molecule has 1 fully saturated rings. The van der Waals surface area contributed by atoms with Crippen LogP contribution in [0.5, 0.6) is 0 Å². The smallest absolute Gasteiger partial charge is 0.289 e. The maximum Gasteiger partial charge on any atom is 0.289 e. The molecule has 1 aliphatic heterocycles. The van der Waals surface area contributed by atoms with Crippen LogP contribution in [0.4, 0.5) is 0 Å².